The monoisotopic (exact) mass is 194 g/mol. The molecule has 0 N–H and O–H groups in total. The molecule has 0 saturated carbocycles. The summed E-state index contributed by atoms with van der Waals surface area (Å²) in [6.07, 6.45) is 2.84. The molecule has 0 aromatic heterocycles. The zero-order valence-electron chi connectivity index (χ0n) is 8.25. The molecule has 0 aromatic rings. The molecule has 0 aliphatic rings. The second kappa shape index (κ2) is 4.23. The molecule has 4 heteroatoms. The summed E-state index contributed by atoms with van der Waals surface area (Å²) in [5.74, 6) is -0.175. The summed E-state index contributed by atoms with van der Waals surface area (Å²) in [5, 5.41) is 0. The first kappa shape index (κ1) is 11.9. The van der Waals surface area contributed by atoms with Gasteiger partial charge in [-0.05, 0) is 19.8 Å². The Bertz CT molecular complexity index is 214. The Morgan fingerprint density at radius 1 is 1.25 bits per heavy atom. The van der Waals surface area contributed by atoms with Gasteiger partial charge in [0.1, 0.15) is 5.94 Å². The number of hydrogen-bond donors (Lipinski definition) is 0. The summed E-state index contributed by atoms with van der Waals surface area (Å²) >= 11 is 0. The summed E-state index contributed by atoms with van der Waals surface area (Å²) in [6.45, 7) is 5.91. The highest BCUT2D eigenvalue weighted by Gasteiger charge is 2.21. The van der Waals surface area contributed by atoms with Crippen LogP contribution in [0.15, 0.2) is 0 Å². The van der Waals surface area contributed by atoms with E-state index in [1.54, 1.807) is 0 Å². The second-order valence-electron chi connectivity index (χ2n) is 3.34. The van der Waals surface area contributed by atoms with Crippen LogP contribution in [0, 0.1) is 0 Å². The fraction of sp³-hybridized carbons (Fsp3) is 1.00. The molecule has 0 spiro atoms. The second-order valence-corrected chi connectivity index (χ2v) is 5.43. The van der Waals surface area contributed by atoms with Gasteiger partial charge in [0.25, 0.3) is 0 Å². The van der Waals surface area contributed by atoms with Crippen molar-refractivity contribution in [2.24, 2.45) is 0 Å². The van der Waals surface area contributed by atoms with E-state index in [0.29, 0.717) is 0 Å². The molecule has 0 unspecified atom stereocenters. The number of ether oxygens (including phenoxy) is 1. The summed E-state index contributed by atoms with van der Waals surface area (Å²) in [5.41, 5.74) is -0.289. The van der Waals surface area contributed by atoms with E-state index in [1.165, 1.54) is 6.26 Å². The fourth-order valence-electron chi connectivity index (χ4n) is 0.703. The van der Waals surface area contributed by atoms with Gasteiger partial charge in [-0.1, -0.05) is 13.8 Å². The summed E-state index contributed by atoms with van der Waals surface area (Å²) in [4.78, 5) is 0. The molecule has 0 aliphatic heterocycles. The molecule has 0 radical (unpaired) electrons. The lowest BCUT2D eigenvalue weighted by molar-refractivity contribution is -0.0124. The van der Waals surface area contributed by atoms with Crippen molar-refractivity contribution in [1.29, 1.82) is 0 Å². The molecule has 0 atom stereocenters. The molecule has 0 aliphatic carbocycles. The van der Waals surface area contributed by atoms with Crippen molar-refractivity contribution >= 4 is 9.84 Å². The summed E-state index contributed by atoms with van der Waals surface area (Å²) in [7, 11) is -3.00. The third-order valence-corrected chi connectivity index (χ3v) is 2.66. The Balaban J connectivity index is 4.07. The van der Waals surface area contributed by atoms with Crippen molar-refractivity contribution in [2.75, 3.05) is 12.2 Å². The first-order valence-electron chi connectivity index (χ1n) is 4.14. The van der Waals surface area contributed by atoms with E-state index >= 15 is 0 Å². The van der Waals surface area contributed by atoms with Crippen LogP contribution in [0.2, 0.25) is 0 Å². The number of hydrogen-bond acceptors (Lipinski definition) is 3. The van der Waals surface area contributed by atoms with Gasteiger partial charge in [0, 0.05) is 6.26 Å². The molecule has 3 nitrogen and oxygen atoms in total. The largest absolute Gasteiger partial charge is 0.359 e. The van der Waals surface area contributed by atoms with Gasteiger partial charge in [0.2, 0.25) is 0 Å². The molecular formula is C8H18O3S. The Hall–Kier alpha value is -0.0900. The van der Waals surface area contributed by atoms with Crippen LogP contribution in [0.25, 0.3) is 0 Å². The average molecular weight is 194 g/mol. The standard InChI is InChI=1S/C8H18O3S/c1-5-8(3,6-2)11-7-12(4,9)10/h5-7H2,1-4H3. The van der Waals surface area contributed by atoms with E-state index in [0.717, 1.165) is 12.8 Å². The van der Waals surface area contributed by atoms with Crippen LogP contribution < -0.4 is 0 Å². The lowest BCUT2D eigenvalue weighted by atomic mass is 10.0. The van der Waals surface area contributed by atoms with E-state index in [2.05, 4.69) is 0 Å². The average Bonchev–Trinajstić information content (AvgIpc) is 1.99. The smallest absolute Gasteiger partial charge is 0.171 e. The highest BCUT2D eigenvalue weighted by atomic mass is 32.2. The van der Waals surface area contributed by atoms with Crippen LogP contribution in [0.1, 0.15) is 33.6 Å². The van der Waals surface area contributed by atoms with Gasteiger partial charge < -0.3 is 4.74 Å². The summed E-state index contributed by atoms with van der Waals surface area (Å²) < 4.78 is 26.9. The van der Waals surface area contributed by atoms with Crippen molar-refractivity contribution in [3.63, 3.8) is 0 Å². The van der Waals surface area contributed by atoms with Gasteiger partial charge in [0.05, 0.1) is 5.60 Å². The van der Waals surface area contributed by atoms with Gasteiger partial charge in [-0.2, -0.15) is 0 Å². The predicted octanol–water partition coefficient (Wildman–Crippen LogP) is 1.58. The quantitative estimate of drug-likeness (QED) is 0.667. The minimum absolute atomic E-state index is 0.175. The van der Waals surface area contributed by atoms with Crippen LogP contribution in [-0.2, 0) is 14.6 Å². The van der Waals surface area contributed by atoms with Gasteiger partial charge in [-0.25, -0.2) is 8.42 Å². The molecule has 74 valence electrons. The van der Waals surface area contributed by atoms with Crippen LogP contribution in [0.4, 0.5) is 0 Å². The van der Waals surface area contributed by atoms with E-state index < -0.39 is 9.84 Å². The molecule has 12 heavy (non-hydrogen) atoms. The van der Waals surface area contributed by atoms with Crippen LogP contribution in [-0.4, -0.2) is 26.2 Å². The van der Waals surface area contributed by atoms with E-state index in [4.69, 9.17) is 4.74 Å². The molecular weight excluding hydrogens is 176 g/mol. The lowest BCUT2D eigenvalue weighted by Crippen LogP contribution is -2.29. The Morgan fingerprint density at radius 3 is 1.92 bits per heavy atom. The third-order valence-electron chi connectivity index (χ3n) is 2.12. The van der Waals surface area contributed by atoms with Crippen LogP contribution in [0.5, 0.6) is 0 Å². The molecule has 0 heterocycles. The zero-order chi connectivity index (χ0) is 9.83. The normalized spacial score (nSPS) is 13.3. The first-order valence-corrected chi connectivity index (χ1v) is 6.20. The van der Waals surface area contributed by atoms with Crippen molar-refractivity contribution in [2.45, 2.75) is 39.2 Å². The maximum atomic E-state index is 10.8. The van der Waals surface area contributed by atoms with Gasteiger partial charge in [-0.15, -0.1) is 0 Å². The van der Waals surface area contributed by atoms with E-state index in [1.807, 2.05) is 20.8 Å². The molecule has 0 rings (SSSR count). The SMILES string of the molecule is CCC(C)(CC)OCS(C)(=O)=O. The van der Waals surface area contributed by atoms with Crippen molar-refractivity contribution < 1.29 is 13.2 Å². The third kappa shape index (κ3) is 4.72. The van der Waals surface area contributed by atoms with Gasteiger partial charge in [-0.3, -0.25) is 0 Å². The number of sulfone groups is 1. The highest BCUT2D eigenvalue weighted by molar-refractivity contribution is 7.90. The molecule has 0 fully saturated rings. The van der Waals surface area contributed by atoms with E-state index in [-0.39, 0.29) is 11.5 Å². The molecule has 0 aromatic carbocycles. The van der Waals surface area contributed by atoms with Crippen molar-refractivity contribution in [1.82, 2.24) is 0 Å². The van der Waals surface area contributed by atoms with Crippen LogP contribution in [0.3, 0.4) is 0 Å². The lowest BCUT2D eigenvalue weighted by Gasteiger charge is -2.26. The highest BCUT2D eigenvalue weighted by Crippen LogP contribution is 2.19. The minimum Gasteiger partial charge on any atom is -0.359 e. The van der Waals surface area contributed by atoms with Gasteiger partial charge >= 0.3 is 0 Å². The zero-order valence-corrected chi connectivity index (χ0v) is 9.07. The van der Waals surface area contributed by atoms with E-state index in [9.17, 15) is 8.42 Å². The summed E-state index contributed by atoms with van der Waals surface area (Å²) in [6, 6.07) is 0. The van der Waals surface area contributed by atoms with Gasteiger partial charge in [0.15, 0.2) is 9.84 Å². The maximum absolute atomic E-state index is 10.8. The maximum Gasteiger partial charge on any atom is 0.171 e. The fourth-order valence-corrected chi connectivity index (χ4v) is 1.20. The topological polar surface area (TPSA) is 43.4 Å². The molecule has 0 saturated heterocycles. The predicted molar refractivity (Wildman–Crippen MR) is 49.8 cm³/mol. The number of rotatable bonds is 5. The molecule has 0 amide bonds. The first-order chi connectivity index (χ1) is 5.33. The van der Waals surface area contributed by atoms with Crippen molar-refractivity contribution in [3.8, 4) is 0 Å². The Morgan fingerprint density at radius 2 is 1.67 bits per heavy atom. The molecule has 0 bridgehead atoms. The Labute approximate surface area is 75.0 Å². The Kier molecular flexibility index (Phi) is 4.20. The minimum atomic E-state index is -3.00. The van der Waals surface area contributed by atoms with Crippen molar-refractivity contribution in [3.05, 3.63) is 0 Å². The van der Waals surface area contributed by atoms with Crippen LogP contribution >= 0.6 is 0 Å².